The van der Waals surface area contributed by atoms with Crippen molar-refractivity contribution < 1.29 is 19.1 Å². The Balaban J connectivity index is 1.26. The van der Waals surface area contributed by atoms with E-state index in [9.17, 15) is 19.1 Å². The molecule has 0 radical (unpaired) electrons. The average Bonchev–Trinajstić information content (AvgIpc) is 2.84. The number of nitrogens with zero attached hydrogens (tertiary/aromatic N) is 3. The van der Waals surface area contributed by atoms with Crippen molar-refractivity contribution in [3.05, 3.63) is 59.9 Å². The van der Waals surface area contributed by atoms with Crippen molar-refractivity contribution in [3.8, 4) is 5.75 Å². The minimum Gasteiger partial charge on any atom is -0.508 e. The lowest BCUT2D eigenvalue weighted by Gasteiger charge is -2.40. The highest BCUT2D eigenvalue weighted by molar-refractivity contribution is 5.98. The Bertz CT molecular complexity index is 932. The van der Waals surface area contributed by atoms with Gasteiger partial charge in [0.25, 0.3) is 0 Å². The normalized spacial score (nSPS) is 19.1. The molecular weight excluding hydrogens is 409 g/mol. The third-order valence-electron chi connectivity index (χ3n) is 6.74. The zero-order chi connectivity index (χ0) is 22.7. The highest BCUT2D eigenvalue weighted by Crippen LogP contribution is 2.25. The van der Waals surface area contributed by atoms with Crippen molar-refractivity contribution in [2.45, 2.75) is 25.8 Å². The lowest BCUT2D eigenvalue weighted by Crippen LogP contribution is -2.55. The van der Waals surface area contributed by atoms with E-state index in [4.69, 9.17) is 0 Å². The van der Waals surface area contributed by atoms with Gasteiger partial charge in [-0.05, 0) is 81.4 Å². The number of halogens is 1. The van der Waals surface area contributed by atoms with Crippen molar-refractivity contribution in [2.75, 3.05) is 44.2 Å². The number of carbonyl (C=O) groups excluding carboxylic acids is 2. The van der Waals surface area contributed by atoms with Gasteiger partial charge in [0.2, 0.25) is 5.91 Å². The van der Waals surface area contributed by atoms with E-state index in [1.165, 1.54) is 12.1 Å². The fourth-order valence-electron chi connectivity index (χ4n) is 4.67. The second-order valence-electron chi connectivity index (χ2n) is 8.69. The number of hydrogen-bond acceptors (Lipinski definition) is 5. The Labute approximate surface area is 188 Å². The van der Waals surface area contributed by atoms with Crippen LogP contribution in [0.5, 0.6) is 5.75 Å². The van der Waals surface area contributed by atoms with Crippen LogP contribution in [-0.4, -0.2) is 71.9 Å². The van der Waals surface area contributed by atoms with Gasteiger partial charge in [-0.2, -0.15) is 0 Å². The van der Waals surface area contributed by atoms with E-state index < -0.39 is 0 Å². The number of piperazine rings is 1. The zero-order valence-electron chi connectivity index (χ0n) is 18.4. The van der Waals surface area contributed by atoms with Gasteiger partial charge in [-0.1, -0.05) is 0 Å². The first kappa shape index (κ1) is 22.3. The molecule has 0 aromatic heterocycles. The fourth-order valence-corrected chi connectivity index (χ4v) is 4.67. The quantitative estimate of drug-likeness (QED) is 0.725. The molecule has 2 aromatic rings. The van der Waals surface area contributed by atoms with Crippen molar-refractivity contribution in [2.24, 2.45) is 5.92 Å². The fraction of sp³-hybridized carbons (Fsp3) is 0.440. The summed E-state index contributed by atoms with van der Waals surface area (Å²) in [5.74, 6) is 0.108. The number of anilines is 1. The topological polar surface area (TPSA) is 64.1 Å². The summed E-state index contributed by atoms with van der Waals surface area (Å²) in [5, 5.41) is 9.42. The number of benzene rings is 2. The van der Waals surface area contributed by atoms with E-state index in [1.807, 2.05) is 11.8 Å². The van der Waals surface area contributed by atoms with Gasteiger partial charge in [0.1, 0.15) is 11.6 Å². The van der Waals surface area contributed by atoms with Crippen LogP contribution < -0.4 is 4.90 Å². The Morgan fingerprint density at radius 1 is 0.906 bits per heavy atom. The molecule has 32 heavy (non-hydrogen) atoms. The number of carbonyl (C=O) groups is 2. The second kappa shape index (κ2) is 9.69. The zero-order valence-corrected chi connectivity index (χ0v) is 18.4. The molecule has 0 spiro atoms. The first-order valence-electron chi connectivity index (χ1n) is 11.3. The molecule has 0 saturated carbocycles. The summed E-state index contributed by atoms with van der Waals surface area (Å²) < 4.78 is 13.2. The maximum absolute atomic E-state index is 13.2. The van der Waals surface area contributed by atoms with Gasteiger partial charge in [0.05, 0.1) is 6.04 Å². The Hall–Kier alpha value is -2.93. The van der Waals surface area contributed by atoms with Gasteiger partial charge < -0.3 is 14.9 Å². The number of phenolic OH excluding ortho intramolecular Hbond substituents is 1. The van der Waals surface area contributed by atoms with E-state index in [2.05, 4.69) is 9.80 Å². The van der Waals surface area contributed by atoms with Crippen molar-refractivity contribution in [1.29, 1.82) is 0 Å². The molecule has 2 saturated heterocycles. The summed E-state index contributed by atoms with van der Waals surface area (Å²) in [6.07, 6.45) is 1.46. The molecule has 0 bridgehead atoms. The molecule has 2 aromatic carbocycles. The Kier molecular flexibility index (Phi) is 6.74. The van der Waals surface area contributed by atoms with Crippen LogP contribution in [0, 0.1) is 11.7 Å². The molecule has 4 rings (SSSR count). The number of aromatic hydroxyl groups is 1. The van der Waals surface area contributed by atoms with Crippen LogP contribution in [0.15, 0.2) is 48.5 Å². The summed E-state index contributed by atoms with van der Waals surface area (Å²) >= 11 is 0. The van der Waals surface area contributed by atoms with Crippen molar-refractivity contribution in [3.63, 3.8) is 0 Å². The molecule has 6 nitrogen and oxygen atoms in total. The standard InChI is InChI=1S/C25H30FN3O3/c1-18(25(32)29-16-14-28(15-17-29)22-6-4-21(26)5-7-22)27-12-10-20(11-13-27)24(31)19-2-8-23(30)9-3-19/h2-9,18,20,30H,10-17H2,1H3. The van der Waals surface area contributed by atoms with Crippen LogP contribution in [0.2, 0.25) is 0 Å². The monoisotopic (exact) mass is 439 g/mol. The summed E-state index contributed by atoms with van der Waals surface area (Å²) in [4.78, 5) is 32.1. The Morgan fingerprint density at radius 3 is 2.09 bits per heavy atom. The number of rotatable bonds is 5. The SMILES string of the molecule is CC(C(=O)N1CCN(c2ccc(F)cc2)CC1)N1CCC(C(=O)c2ccc(O)cc2)CC1. The van der Waals surface area contributed by atoms with Crippen molar-refractivity contribution in [1.82, 2.24) is 9.80 Å². The molecule has 1 unspecified atom stereocenters. The van der Waals surface area contributed by atoms with Crippen LogP contribution in [0.3, 0.4) is 0 Å². The van der Waals surface area contributed by atoms with Gasteiger partial charge in [-0.25, -0.2) is 4.39 Å². The minimum atomic E-state index is -0.245. The van der Waals surface area contributed by atoms with E-state index in [-0.39, 0.29) is 35.2 Å². The van der Waals surface area contributed by atoms with Gasteiger partial charge in [-0.15, -0.1) is 0 Å². The third kappa shape index (κ3) is 4.93. The highest BCUT2D eigenvalue weighted by Gasteiger charge is 2.33. The molecule has 7 heteroatoms. The lowest BCUT2D eigenvalue weighted by atomic mass is 9.88. The molecule has 1 N–H and O–H groups in total. The molecular formula is C25H30FN3O3. The highest BCUT2D eigenvalue weighted by atomic mass is 19.1. The minimum absolute atomic E-state index is 0.0441. The average molecular weight is 440 g/mol. The number of amides is 1. The first-order valence-corrected chi connectivity index (χ1v) is 11.3. The molecule has 2 heterocycles. The molecule has 2 fully saturated rings. The van der Waals surface area contributed by atoms with Gasteiger partial charge in [0, 0.05) is 43.3 Å². The summed E-state index contributed by atoms with van der Waals surface area (Å²) in [6, 6.07) is 12.7. The van der Waals surface area contributed by atoms with Crippen LogP contribution >= 0.6 is 0 Å². The molecule has 0 aliphatic carbocycles. The van der Waals surface area contributed by atoms with E-state index in [0.717, 1.165) is 44.7 Å². The van der Waals surface area contributed by atoms with Gasteiger partial charge in [0.15, 0.2) is 5.78 Å². The number of Topliss-reactive ketones (excluding diaryl/α,β-unsaturated/α-hetero) is 1. The van der Waals surface area contributed by atoms with Gasteiger partial charge >= 0.3 is 0 Å². The molecule has 2 aliphatic heterocycles. The Morgan fingerprint density at radius 2 is 1.50 bits per heavy atom. The van der Waals surface area contributed by atoms with Crippen LogP contribution in [0.4, 0.5) is 10.1 Å². The van der Waals surface area contributed by atoms with Crippen molar-refractivity contribution >= 4 is 17.4 Å². The maximum Gasteiger partial charge on any atom is 0.239 e. The summed E-state index contributed by atoms with van der Waals surface area (Å²) in [5.41, 5.74) is 1.61. The summed E-state index contributed by atoms with van der Waals surface area (Å²) in [6.45, 7) is 6.15. The van der Waals surface area contributed by atoms with Gasteiger partial charge in [-0.3, -0.25) is 14.5 Å². The molecule has 1 amide bonds. The van der Waals surface area contributed by atoms with Crippen LogP contribution in [-0.2, 0) is 4.79 Å². The number of phenols is 1. The smallest absolute Gasteiger partial charge is 0.239 e. The van der Waals surface area contributed by atoms with E-state index in [0.29, 0.717) is 18.7 Å². The molecule has 170 valence electrons. The number of ketones is 1. The predicted octanol–water partition coefficient (Wildman–Crippen LogP) is 3.16. The summed E-state index contributed by atoms with van der Waals surface area (Å²) in [7, 11) is 0. The van der Waals surface area contributed by atoms with Crippen LogP contribution in [0.25, 0.3) is 0 Å². The van der Waals surface area contributed by atoms with Crippen LogP contribution in [0.1, 0.15) is 30.1 Å². The number of likely N-dealkylation sites (tertiary alicyclic amines) is 1. The molecule has 1 atom stereocenters. The third-order valence-corrected chi connectivity index (χ3v) is 6.74. The number of hydrogen-bond donors (Lipinski definition) is 1. The van der Waals surface area contributed by atoms with E-state index >= 15 is 0 Å². The predicted molar refractivity (Wildman–Crippen MR) is 121 cm³/mol. The van der Waals surface area contributed by atoms with E-state index in [1.54, 1.807) is 36.4 Å². The second-order valence-corrected chi connectivity index (χ2v) is 8.69. The first-order chi connectivity index (χ1) is 15.4. The molecule has 2 aliphatic rings. The lowest BCUT2D eigenvalue weighted by molar-refractivity contribution is -0.137. The maximum atomic E-state index is 13.2. The largest absolute Gasteiger partial charge is 0.508 e. The number of piperidine rings is 1.